The minimum Gasteiger partial charge on any atom is -0.467 e. The Labute approximate surface area is 95.2 Å². The second kappa shape index (κ2) is 5.16. The van der Waals surface area contributed by atoms with Gasteiger partial charge in [0.25, 0.3) is 0 Å². The maximum atomic E-state index is 11.4. The average Bonchev–Trinajstić information content (AvgIpc) is 2.80. The summed E-state index contributed by atoms with van der Waals surface area (Å²) in [7, 11) is 0. The van der Waals surface area contributed by atoms with Crippen molar-refractivity contribution in [2.45, 2.75) is 44.2 Å². The summed E-state index contributed by atoms with van der Waals surface area (Å²) < 4.78 is 5.24. The van der Waals surface area contributed by atoms with Crippen molar-refractivity contribution in [2.75, 3.05) is 0 Å². The Bertz CT molecular complexity index is 329. The third-order valence-corrected chi connectivity index (χ3v) is 3.12. The quantitative estimate of drug-likeness (QED) is 0.815. The molecule has 4 nitrogen and oxygen atoms in total. The molecule has 1 fully saturated rings. The fourth-order valence-corrected chi connectivity index (χ4v) is 2.26. The van der Waals surface area contributed by atoms with Crippen LogP contribution in [0.1, 0.15) is 43.9 Å². The minimum absolute atomic E-state index is 0.375. The number of carbonyl (C=O) groups is 1. The highest BCUT2D eigenvalue weighted by Crippen LogP contribution is 2.21. The van der Waals surface area contributed by atoms with Gasteiger partial charge in [0.05, 0.1) is 6.26 Å². The summed E-state index contributed by atoms with van der Waals surface area (Å²) in [4.78, 5) is 11.4. The molecular formula is C12H18N2O2. The Morgan fingerprint density at radius 1 is 1.44 bits per heavy atom. The van der Waals surface area contributed by atoms with Crippen LogP contribution in [0.25, 0.3) is 0 Å². The summed E-state index contributed by atoms with van der Waals surface area (Å²) >= 11 is 0. The number of hydrogen-bond acceptors (Lipinski definition) is 3. The van der Waals surface area contributed by atoms with Gasteiger partial charge in [-0.15, -0.1) is 0 Å². The van der Waals surface area contributed by atoms with Crippen LogP contribution in [-0.4, -0.2) is 11.9 Å². The van der Waals surface area contributed by atoms with Gasteiger partial charge in [-0.1, -0.05) is 19.3 Å². The molecule has 88 valence electrons. The molecule has 1 aliphatic carbocycles. The second-order valence-electron chi connectivity index (χ2n) is 4.35. The number of primary amides is 1. The monoisotopic (exact) mass is 222 g/mol. The van der Waals surface area contributed by atoms with E-state index >= 15 is 0 Å². The highest BCUT2D eigenvalue weighted by atomic mass is 16.3. The Morgan fingerprint density at radius 3 is 2.75 bits per heavy atom. The van der Waals surface area contributed by atoms with E-state index in [1.54, 1.807) is 18.4 Å². The van der Waals surface area contributed by atoms with Crippen LogP contribution in [-0.2, 0) is 4.79 Å². The van der Waals surface area contributed by atoms with Gasteiger partial charge < -0.3 is 10.2 Å². The molecule has 1 aromatic heterocycles. The third-order valence-electron chi connectivity index (χ3n) is 3.12. The van der Waals surface area contributed by atoms with Crippen molar-refractivity contribution in [3.8, 4) is 0 Å². The van der Waals surface area contributed by atoms with Crippen LogP contribution in [0, 0.1) is 0 Å². The van der Waals surface area contributed by atoms with Crippen LogP contribution in [0.4, 0.5) is 0 Å². The molecule has 2 rings (SSSR count). The Hall–Kier alpha value is -1.29. The van der Waals surface area contributed by atoms with Gasteiger partial charge in [-0.2, -0.15) is 0 Å². The maximum Gasteiger partial charge on any atom is 0.242 e. The zero-order valence-corrected chi connectivity index (χ0v) is 9.32. The van der Waals surface area contributed by atoms with Crippen LogP contribution < -0.4 is 11.1 Å². The van der Waals surface area contributed by atoms with Crippen molar-refractivity contribution in [1.29, 1.82) is 0 Å². The van der Waals surface area contributed by atoms with E-state index in [2.05, 4.69) is 5.32 Å². The predicted octanol–water partition coefficient (Wildman–Crippen LogP) is 1.73. The lowest BCUT2D eigenvalue weighted by atomic mass is 9.94. The second-order valence-corrected chi connectivity index (χ2v) is 4.35. The lowest BCUT2D eigenvalue weighted by molar-refractivity contribution is -0.120. The number of carbonyl (C=O) groups excluding carboxylic acids is 1. The first-order chi connectivity index (χ1) is 7.77. The third kappa shape index (κ3) is 2.64. The summed E-state index contributed by atoms with van der Waals surface area (Å²) in [5, 5.41) is 3.29. The van der Waals surface area contributed by atoms with Gasteiger partial charge in [-0.25, -0.2) is 0 Å². The Balaban J connectivity index is 2.00. The minimum atomic E-state index is -0.488. The van der Waals surface area contributed by atoms with Crippen LogP contribution in [0.2, 0.25) is 0 Å². The average molecular weight is 222 g/mol. The van der Waals surface area contributed by atoms with Crippen molar-refractivity contribution < 1.29 is 9.21 Å². The van der Waals surface area contributed by atoms with Crippen molar-refractivity contribution in [3.05, 3.63) is 24.2 Å². The van der Waals surface area contributed by atoms with Gasteiger partial charge >= 0.3 is 0 Å². The van der Waals surface area contributed by atoms with E-state index in [0.29, 0.717) is 11.8 Å². The molecule has 3 N–H and O–H groups in total. The first-order valence-corrected chi connectivity index (χ1v) is 5.86. The van der Waals surface area contributed by atoms with Gasteiger partial charge in [-0.05, 0) is 25.0 Å². The summed E-state index contributed by atoms with van der Waals surface area (Å²) in [5.74, 6) is 0.235. The first-order valence-electron chi connectivity index (χ1n) is 5.86. The highest BCUT2D eigenvalue weighted by Gasteiger charge is 2.24. The van der Waals surface area contributed by atoms with E-state index in [-0.39, 0.29) is 5.91 Å². The van der Waals surface area contributed by atoms with E-state index < -0.39 is 6.04 Å². The van der Waals surface area contributed by atoms with Gasteiger partial charge in [0.15, 0.2) is 0 Å². The van der Waals surface area contributed by atoms with Crippen LogP contribution in [0.3, 0.4) is 0 Å². The topological polar surface area (TPSA) is 68.3 Å². The van der Waals surface area contributed by atoms with Crippen molar-refractivity contribution in [3.63, 3.8) is 0 Å². The molecule has 0 aliphatic heterocycles. The molecule has 16 heavy (non-hydrogen) atoms. The van der Waals surface area contributed by atoms with E-state index in [9.17, 15) is 4.79 Å². The van der Waals surface area contributed by atoms with E-state index in [1.807, 2.05) is 0 Å². The highest BCUT2D eigenvalue weighted by molar-refractivity contribution is 5.80. The molecule has 1 unspecified atom stereocenters. The fourth-order valence-electron chi connectivity index (χ4n) is 2.26. The van der Waals surface area contributed by atoms with Gasteiger partial charge in [0, 0.05) is 6.04 Å². The maximum absolute atomic E-state index is 11.4. The van der Waals surface area contributed by atoms with Crippen molar-refractivity contribution in [1.82, 2.24) is 5.32 Å². The van der Waals surface area contributed by atoms with Gasteiger partial charge in [0.2, 0.25) is 5.91 Å². The molecule has 1 amide bonds. The molecule has 0 saturated heterocycles. The number of rotatable bonds is 4. The largest absolute Gasteiger partial charge is 0.467 e. The molecule has 4 heteroatoms. The van der Waals surface area contributed by atoms with Crippen molar-refractivity contribution in [2.24, 2.45) is 5.73 Å². The van der Waals surface area contributed by atoms with Crippen LogP contribution in [0.15, 0.2) is 22.8 Å². The number of nitrogens with one attached hydrogen (secondary N) is 1. The molecular weight excluding hydrogens is 204 g/mol. The Kier molecular flexibility index (Phi) is 3.62. The summed E-state index contributed by atoms with van der Waals surface area (Å²) in [6.45, 7) is 0. The fraction of sp³-hybridized carbons (Fsp3) is 0.583. The molecule has 1 aromatic rings. The number of amides is 1. The molecule has 1 saturated carbocycles. The number of nitrogens with two attached hydrogens (primary N) is 1. The van der Waals surface area contributed by atoms with E-state index in [1.165, 1.54) is 19.3 Å². The molecule has 0 aromatic carbocycles. The molecule has 1 aliphatic rings. The predicted molar refractivity (Wildman–Crippen MR) is 60.7 cm³/mol. The molecule has 1 heterocycles. The van der Waals surface area contributed by atoms with Crippen molar-refractivity contribution >= 4 is 5.91 Å². The number of hydrogen-bond donors (Lipinski definition) is 2. The summed E-state index contributed by atoms with van der Waals surface area (Å²) in [5.41, 5.74) is 5.38. The summed E-state index contributed by atoms with van der Waals surface area (Å²) in [6.07, 6.45) is 7.53. The lowest BCUT2D eigenvalue weighted by Gasteiger charge is -2.26. The zero-order valence-electron chi connectivity index (χ0n) is 9.32. The standard InChI is InChI=1S/C12H18N2O2/c13-12(15)11(10-7-4-8-16-10)14-9-5-2-1-3-6-9/h4,7-9,11,14H,1-3,5-6H2,(H2,13,15). The molecule has 0 spiro atoms. The van der Waals surface area contributed by atoms with Crippen LogP contribution >= 0.6 is 0 Å². The van der Waals surface area contributed by atoms with E-state index in [4.69, 9.17) is 10.2 Å². The zero-order chi connectivity index (χ0) is 11.4. The van der Waals surface area contributed by atoms with E-state index in [0.717, 1.165) is 12.8 Å². The summed E-state index contributed by atoms with van der Waals surface area (Å²) in [6, 6.07) is 3.45. The lowest BCUT2D eigenvalue weighted by Crippen LogP contribution is -2.40. The molecule has 1 atom stereocenters. The first kappa shape index (κ1) is 11.2. The van der Waals surface area contributed by atoms with Crippen LogP contribution in [0.5, 0.6) is 0 Å². The Morgan fingerprint density at radius 2 is 2.19 bits per heavy atom. The van der Waals surface area contributed by atoms with Gasteiger partial charge in [-0.3, -0.25) is 10.1 Å². The smallest absolute Gasteiger partial charge is 0.242 e. The molecule has 0 radical (unpaired) electrons. The number of furan rings is 1. The SMILES string of the molecule is NC(=O)C(NC1CCCCC1)c1ccco1. The van der Waals surface area contributed by atoms with Gasteiger partial charge in [0.1, 0.15) is 11.8 Å². The molecule has 0 bridgehead atoms. The normalized spacial score (nSPS) is 19.5.